The summed E-state index contributed by atoms with van der Waals surface area (Å²) in [6.07, 6.45) is 3.77. The fourth-order valence-corrected chi connectivity index (χ4v) is 3.64. The van der Waals surface area contributed by atoms with Crippen molar-refractivity contribution in [3.05, 3.63) is 47.3 Å². The van der Waals surface area contributed by atoms with Crippen LogP contribution in [-0.4, -0.2) is 17.0 Å². The summed E-state index contributed by atoms with van der Waals surface area (Å²) in [6.45, 7) is 10.4. The molecule has 0 aliphatic carbocycles. The molecule has 0 fully saturated rings. The molecule has 0 spiro atoms. The van der Waals surface area contributed by atoms with E-state index in [9.17, 15) is 0 Å². The van der Waals surface area contributed by atoms with Crippen molar-refractivity contribution in [3.8, 4) is 0 Å². The van der Waals surface area contributed by atoms with Gasteiger partial charge in [-0.05, 0) is 42.7 Å². The third-order valence-corrected chi connectivity index (χ3v) is 4.90. The molecule has 2 heterocycles. The number of nitrogens with zero attached hydrogens (tertiary/aromatic N) is 1. The largest absolute Gasteiger partial charge is 0.369 e. The number of benzene rings is 1. The molecule has 2 unspecified atom stereocenters. The van der Waals surface area contributed by atoms with Crippen LogP contribution in [-0.2, 0) is 6.54 Å². The van der Waals surface area contributed by atoms with Crippen LogP contribution in [0.15, 0.2) is 41.7 Å². The normalized spacial score (nSPS) is 25.8. The van der Waals surface area contributed by atoms with Crippen LogP contribution in [0, 0.1) is 5.41 Å². The van der Waals surface area contributed by atoms with E-state index in [1.165, 1.54) is 30.6 Å². The topological polar surface area (TPSA) is 15.3 Å². The smallest absolute Gasteiger partial charge is 0.101 e. The Morgan fingerprint density at radius 1 is 1.19 bits per heavy atom. The summed E-state index contributed by atoms with van der Waals surface area (Å²) in [6, 6.07) is 12.1. The van der Waals surface area contributed by atoms with Gasteiger partial charge in [0.05, 0.1) is 0 Å². The maximum absolute atomic E-state index is 3.76. The third kappa shape index (κ3) is 2.95. The monoisotopic (exact) mass is 284 g/mol. The average Bonchev–Trinajstić information content (AvgIpc) is 2.78. The standard InChI is InChI=1S/C19H28N2/c1-14-10-11-16-12-17(19(2,3)4)21(18(16)20-14)13-15-8-6-5-7-9-15/h5-9,14,17,20H,10-13H2,1-4H3. The fraction of sp³-hybridized carbons (Fsp3) is 0.579. The van der Waals surface area contributed by atoms with Gasteiger partial charge in [-0.1, -0.05) is 51.1 Å². The molecule has 2 aliphatic heterocycles. The molecule has 21 heavy (non-hydrogen) atoms. The van der Waals surface area contributed by atoms with Gasteiger partial charge in [0, 0.05) is 18.6 Å². The SMILES string of the molecule is CC1CCC2=C(N1)N(Cc1ccccc1)C(C(C)(C)C)C2. The minimum Gasteiger partial charge on any atom is -0.369 e. The fourth-order valence-electron chi connectivity index (χ4n) is 3.64. The third-order valence-electron chi connectivity index (χ3n) is 4.90. The highest BCUT2D eigenvalue weighted by molar-refractivity contribution is 5.27. The summed E-state index contributed by atoms with van der Waals surface area (Å²) in [5, 5.41) is 3.76. The van der Waals surface area contributed by atoms with Crippen molar-refractivity contribution in [2.45, 2.75) is 65.6 Å². The second-order valence-corrected chi connectivity index (χ2v) is 7.74. The van der Waals surface area contributed by atoms with E-state index in [4.69, 9.17) is 0 Å². The van der Waals surface area contributed by atoms with E-state index in [-0.39, 0.29) is 0 Å². The maximum atomic E-state index is 3.76. The molecule has 1 aromatic carbocycles. The number of nitrogens with one attached hydrogen (secondary N) is 1. The molecule has 2 nitrogen and oxygen atoms in total. The molecule has 2 aliphatic rings. The molecular formula is C19H28N2. The molecule has 2 heteroatoms. The summed E-state index contributed by atoms with van der Waals surface area (Å²) >= 11 is 0. The lowest BCUT2D eigenvalue weighted by Gasteiger charge is -2.39. The van der Waals surface area contributed by atoms with Crippen LogP contribution in [0.2, 0.25) is 0 Å². The van der Waals surface area contributed by atoms with Crippen LogP contribution in [0.3, 0.4) is 0 Å². The molecule has 0 bridgehead atoms. The van der Waals surface area contributed by atoms with Crippen molar-refractivity contribution in [2.24, 2.45) is 5.41 Å². The zero-order valence-electron chi connectivity index (χ0n) is 13.8. The lowest BCUT2D eigenvalue weighted by Crippen LogP contribution is -2.44. The first-order valence-electron chi connectivity index (χ1n) is 8.24. The zero-order valence-corrected chi connectivity index (χ0v) is 13.8. The van der Waals surface area contributed by atoms with Gasteiger partial charge in [0.2, 0.25) is 0 Å². The second kappa shape index (κ2) is 5.40. The van der Waals surface area contributed by atoms with Crippen LogP contribution >= 0.6 is 0 Å². The highest BCUT2D eigenvalue weighted by Gasteiger charge is 2.40. The lowest BCUT2D eigenvalue weighted by molar-refractivity contribution is 0.137. The van der Waals surface area contributed by atoms with Crippen LogP contribution < -0.4 is 5.32 Å². The zero-order chi connectivity index (χ0) is 15.0. The molecule has 2 atom stereocenters. The highest BCUT2D eigenvalue weighted by atomic mass is 15.3. The minimum absolute atomic E-state index is 0.303. The predicted molar refractivity (Wildman–Crippen MR) is 88.7 cm³/mol. The van der Waals surface area contributed by atoms with E-state index in [0.717, 1.165) is 6.54 Å². The Labute approximate surface area is 129 Å². The van der Waals surface area contributed by atoms with Crippen molar-refractivity contribution < 1.29 is 0 Å². The molecule has 0 radical (unpaired) electrons. The van der Waals surface area contributed by atoms with Crippen LogP contribution in [0.5, 0.6) is 0 Å². The number of hydrogen-bond acceptors (Lipinski definition) is 2. The summed E-state index contributed by atoms with van der Waals surface area (Å²) in [5.41, 5.74) is 3.35. The first-order chi connectivity index (χ1) is 9.95. The molecule has 3 rings (SSSR count). The molecule has 0 aromatic heterocycles. The minimum atomic E-state index is 0.303. The van der Waals surface area contributed by atoms with Gasteiger partial charge in [-0.3, -0.25) is 0 Å². The van der Waals surface area contributed by atoms with Gasteiger partial charge < -0.3 is 10.2 Å². The van der Waals surface area contributed by atoms with E-state index in [1.807, 2.05) is 0 Å². The molecule has 1 N–H and O–H groups in total. The molecule has 0 amide bonds. The number of rotatable bonds is 2. The van der Waals surface area contributed by atoms with Gasteiger partial charge >= 0.3 is 0 Å². The molecular weight excluding hydrogens is 256 g/mol. The average molecular weight is 284 g/mol. The first-order valence-corrected chi connectivity index (χ1v) is 8.24. The van der Waals surface area contributed by atoms with E-state index in [0.29, 0.717) is 17.5 Å². The number of hydrogen-bond donors (Lipinski definition) is 1. The van der Waals surface area contributed by atoms with Gasteiger partial charge in [0.1, 0.15) is 5.82 Å². The van der Waals surface area contributed by atoms with Crippen LogP contribution in [0.4, 0.5) is 0 Å². The Morgan fingerprint density at radius 2 is 1.90 bits per heavy atom. The quantitative estimate of drug-likeness (QED) is 0.871. The summed E-state index contributed by atoms with van der Waals surface area (Å²) in [7, 11) is 0. The van der Waals surface area contributed by atoms with Crippen molar-refractivity contribution in [1.29, 1.82) is 0 Å². The molecule has 0 saturated carbocycles. The van der Waals surface area contributed by atoms with Crippen LogP contribution in [0.25, 0.3) is 0 Å². The van der Waals surface area contributed by atoms with E-state index < -0.39 is 0 Å². The van der Waals surface area contributed by atoms with E-state index in [1.54, 1.807) is 5.57 Å². The van der Waals surface area contributed by atoms with Crippen molar-refractivity contribution in [1.82, 2.24) is 10.2 Å². The van der Waals surface area contributed by atoms with Crippen LogP contribution in [0.1, 0.15) is 52.5 Å². The summed E-state index contributed by atoms with van der Waals surface area (Å²) in [5.74, 6) is 1.43. The van der Waals surface area contributed by atoms with Crippen molar-refractivity contribution in [2.75, 3.05) is 0 Å². The van der Waals surface area contributed by atoms with Gasteiger partial charge in [-0.15, -0.1) is 0 Å². The van der Waals surface area contributed by atoms with Gasteiger partial charge in [-0.2, -0.15) is 0 Å². The Kier molecular flexibility index (Phi) is 3.73. The molecule has 114 valence electrons. The van der Waals surface area contributed by atoms with E-state index in [2.05, 4.69) is 68.2 Å². The Hall–Kier alpha value is -1.44. The lowest BCUT2D eigenvalue weighted by atomic mass is 9.83. The highest BCUT2D eigenvalue weighted by Crippen LogP contribution is 2.41. The predicted octanol–water partition coefficient (Wildman–Crippen LogP) is 4.29. The summed E-state index contributed by atoms with van der Waals surface area (Å²) < 4.78 is 0. The van der Waals surface area contributed by atoms with Gasteiger partial charge in [0.25, 0.3) is 0 Å². The molecule has 0 saturated heterocycles. The second-order valence-electron chi connectivity index (χ2n) is 7.74. The Balaban J connectivity index is 1.89. The van der Waals surface area contributed by atoms with Gasteiger partial charge in [0.15, 0.2) is 0 Å². The van der Waals surface area contributed by atoms with E-state index >= 15 is 0 Å². The molecule has 1 aromatic rings. The van der Waals surface area contributed by atoms with Crippen molar-refractivity contribution in [3.63, 3.8) is 0 Å². The Bertz CT molecular complexity index is 524. The first kappa shape index (κ1) is 14.5. The Morgan fingerprint density at radius 3 is 2.57 bits per heavy atom. The maximum Gasteiger partial charge on any atom is 0.101 e. The van der Waals surface area contributed by atoms with Crippen molar-refractivity contribution >= 4 is 0 Å². The summed E-state index contributed by atoms with van der Waals surface area (Å²) in [4.78, 5) is 2.63. The van der Waals surface area contributed by atoms with Gasteiger partial charge in [-0.25, -0.2) is 0 Å².